The fraction of sp³-hybridized carbons (Fsp3) is 0.820. The maximum absolute atomic E-state index is 12.7. The SMILES string of the molecule is CCCCC/C=C\C/C=C\C/C=C\CCCCC(=O)OC[C@H](COC(=O)CCCCCCCCCCCCC)OC(=O)CCCCCCCCCCCCCC. The number of carbonyl (C=O) groups is 3. The van der Waals surface area contributed by atoms with Gasteiger partial charge in [-0.1, -0.05) is 205 Å². The topological polar surface area (TPSA) is 78.9 Å². The molecule has 0 unspecified atom stereocenters. The summed E-state index contributed by atoms with van der Waals surface area (Å²) in [7, 11) is 0. The average molecular weight is 787 g/mol. The molecule has 0 aliphatic heterocycles. The van der Waals surface area contributed by atoms with Crippen LogP contribution in [0.25, 0.3) is 0 Å². The van der Waals surface area contributed by atoms with Gasteiger partial charge in [0.05, 0.1) is 0 Å². The molecule has 0 aromatic heterocycles. The third-order valence-electron chi connectivity index (χ3n) is 10.4. The second-order valence-corrected chi connectivity index (χ2v) is 16.0. The average Bonchev–Trinajstić information content (AvgIpc) is 3.19. The highest BCUT2D eigenvalue weighted by Gasteiger charge is 2.19. The molecular weight excluding hydrogens is 697 g/mol. The summed E-state index contributed by atoms with van der Waals surface area (Å²) in [5.74, 6) is -0.915. The molecule has 0 aliphatic carbocycles. The highest BCUT2D eigenvalue weighted by atomic mass is 16.6. The number of esters is 3. The van der Waals surface area contributed by atoms with E-state index in [1.165, 1.54) is 135 Å². The number of hydrogen-bond donors (Lipinski definition) is 0. The quantitative estimate of drug-likeness (QED) is 0.0265. The highest BCUT2D eigenvalue weighted by Crippen LogP contribution is 2.15. The minimum absolute atomic E-state index is 0.0805. The number of unbranched alkanes of at least 4 members (excludes halogenated alkanes) is 26. The van der Waals surface area contributed by atoms with E-state index in [1.54, 1.807) is 0 Å². The molecule has 0 amide bonds. The number of hydrogen-bond acceptors (Lipinski definition) is 6. The van der Waals surface area contributed by atoms with Gasteiger partial charge in [-0.25, -0.2) is 0 Å². The summed E-state index contributed by atoms with van der Waals surface area (Å²) in [6.45, 7) is 6.57. The van der Waals surface area contributed by atoms with Crippen LogP contribution < -0.4 is 0 Å². The molecule has 6 nitrogen and oxygen atoms in total. The molecule has 6 heteroatoms. The normalized spacial score (nSPS) is 12.3. The van der Waals surface area contributed by atoms with Crippen LogP contribution in [-0.2, 0) is 28.6 Å². The lowest BCUT2D eigenvalue weighted by molar-refractivity contribution is -0.167. The summed E-state index contributed by atoms with van der Waals surface area (Å²) < 4.78 is 16.7. The van der Waals surface area contributed by atoms with Crippen molar-refractivity contribution in [2.45, 2.75) is 252 Å². The van der Waals surface area contributed by atoms with Crippen LogP contribution in [0, 0.1) is 0 Å². The third-order valence-corrected chi connectivity index (χ3v) is 10.4. The van der Waals surface area contributed by atoms with Gasteiger partial charge in [0.25, 0.3) is 0 Å². The van der Waals surface area contributed by atoms with Crippen LogP contribution in [0.15, 0.2) is 36.5 Å². The molecule has 0 saturated heterocycles. The molecule has 0 fully saturated rings. The van der Waals surface area contributed by atoms with Crippen molar-refractivity contribution in [3.05, 3.63) is 36.5 Å². The first kappa shape index (κ1) is 53.6. The Morgan fingerprint density at radius 2 is 0.643 bits per heavy atom. The first-order chi connectivity index (χ1) is 27.5. The summed E-state index contributed by atoms with van der Waals surface area (Å²) in [4.78, 5) is 37.8. The molecule has 0 heterocycles. The lowest BCUT2D eigenvalue weighted by Crippen LogP contribution is -2.30. The Hall–Kier alpha value is -2.37. The molecule has 0 aromatic carbocycles. The Balaban J connectivity index is 4.41. The van der Waals surface area contributed by atoms with Crippen molar-refractivity contribution in [1.82, 2.24) is 0 Å². The van der Waals surface area contributed by atoms with E-state index < -0.39 is 6.10 Å². The Labute approximate surface area is 346 Å². The van der Waals surface area contributed by atoms with Crippen molar-refractivity contribution >= 4 is 17.9 Å². The van der Waals surface area contributed by atoms with Gasteiger partial charge in [-0.2, -0.15) is 0 Å². The molecule has 0 rings (SSSR count). The summed E-state index contributed by atoms with van der Waals surface area (Å²) in [5.41, 5.74) is 0. The van der Waals surface area contributed by atoms with Crippen LogP contribution in [0.1, 0.15) is 245 Å². The zero-order valence-electron chi connectivity index (χ0n) is 37.2. The van der Waals surface area contributed by atoms with Crippen molar-refractivity contribution in [3.8, 4) is 0 Å². The minimum atomic E-state index is -0.780. The Morgan fingerprint density at radius 3 is 1.04 bits per heavy atom. The van der Waals surface area contributed by atoms with Crippen molar-refractivity contribution in [1.29, 1.82) is 0 Å². The van der Waals surface area contributed by atoms with E-state index in [0.29, 0.717) is 19.3 Å². The first-order valence-electron chi connectivity index (χ1n) is 24.0. The van der Waals surface area contributed by atoms with E-state index >= 15 is 0 Å². The van der Waals surface area contributed by atoms with Crippen LogP contribution in [0.4, 0.5) is 0 Å². The van der Waals surface area contributed by atoms with Crippen LogP contribution in [-0.4, -0.2) is 37.2 Å². The standard InChI is InChI=1S/C50H90O6/c1-4-7-10-13-16-19-22-24-25-26-29-31-34-37-40-43-49(52)55-46-47(45-54-48(51)42-39-36-33-30-27-21-18-15-12-9-6-3)56-50(53)44-41-38-35-32-28-23-20-17-14-11-8-5-2/h16,19,24-25,29,31,47H,4-15,17-18,20-23,26-28,30,32-46H2,1-3H3/b19-16-,25-24-,31-29-/t47-/m0/s1. The van der Waals surface area contributed by atoms with Crippen molar-refractivity contribution < 1.29 is 28.6 Å². The van der Waals surface area contributed by atoms with Crippen LogP contribution >= 0.6 is 0 Å². The van der Waals surface area contributed by atoms with Crippen molar-refractivity contribution in [2.75, 3.05) is 13.2 Å². The number of rotatable bonds is 43. The van der Waals surface area contributed by atoms with Gasteiger partial charge in [0.2, 0.25) is 0 Å². The minimum Gasteiger partial charge on any atom is -0.462 e. The monoisotopic (exact) mass is 787 g/mol. The molecule has 0 spiro atoms. The van der Waals surface area contributed by atoms with E-state index in [2.05, 4.69) is 57.2 Å². The molecule has 326 valence electrons. The molecular formula is C50H90O6. The molecule has 56 heavy (non-hydrogen) atoms. The predicted molar refractivity (Wildman–Crippen MR) is 238 cm³/mol. The van der Waals surface area contributed by atoms with Crippen molar-refractivity contribution in [3.63, 3.8) is 0 Å². The molecule has 0 aromatic rings. The number of allylic oxidation sites excluding steroid dienone is 6. The number of ether oxygens (including phenoxy) is 3. The zero-order chi connectivity index (χ0) is 40.8. The predicted octanol–water partition coefficient (Wildman–Crippen LogP) is 15.4. The second kappa shape index (κ2) is 45.3. The van der Waals surface area contributed by atoms with Gasteiger partial charge in [-0.05, 0) is 57.8 Å². The van der Waals surface area contributed by atoms with E-state index in [9.17, 15) is 14.4 Å². The van der Waals surface area contributed by atoms with Gasteiger partial charge in [0.15, 0.2) is 6.10 Å². The van der Waals surface area contributed by atoms with Gasteiger partial charge < -0.3 is 14.2 Å². The van der Waals surface area contributed by atoms with E-state index in [-0.39, 0.29) is 31.1 Å². The number of carbonyl (C=O) groups excluding carboxylic acids is 3. The van der Waals surface area contributed by atoms with Gasteiger partial charge in [-0.15, -0.1) is 0 Å². The van der Waals surface area contributed by atoms with E-state index in [4.69, 9.17) is 14.2 Å². The third kappa shape index (κ3) is 42.8. The Bertz CT molecular complexity index is 953. The molecule has 0 saturated carbocycles. The Morgan fingerprint density at radius 1 is 0.357 bits per heavy atom. The van der Waals surface area contributed by atoms with Gasteiger partial charge >= 0.3 is 17.9 Å². The smallest absolute Gasteiger partial charge is 0.306 e. The lowest BCUT2D eigenvalue weighted by atomic mass is 10.0. The summed E-state index contributed by atoms with van der Waals surface area (Å²) in [5, 5.41) is 0. The van der Waals surface area contributed by atoms with Crippen LogP contribution in [0.3, 0.4) is 0 Å². The maximum Gasteiger partial charge on any atom is 0.306 e. The highest BCUT2D eigenvalue weighted by molar-refractivity contribution is 5.71. The molecule has 0 aliphatic rings. The van der Waals surface area contributed by atoms with E-state index in [0.717, 1.165) is 70.6 Å². The van der Waals surface area contributed by atoms with Crippen LogP contribution in [0.5, 0.6) is 0 Å². The van der Waals surface area contributed by atoms with Gasteiger partial charge in [-0.3, -0.25) is 14.4 Å². The molecule has 0 bridgehead atoms. The Kier molecular flexibility index (Phi) is 43.4. The lowest BCUT2D eigenvalue weighted by Gasteiger charge is -2.18. The molecule has 1 atom stereocenters. The first-order valence-corrected chi connectivity index (χ1v) is 24.0. The summed E-state index contributed by atoms with van der Waals surface area (Å²) >= 11 is 0. The zero-order valence-corrected chi connectivity index (χ0v) is 37.2. The fourth-order valence-electron chi connectivity index (χ4n) is 6.74. The molecule has 0 N–H and O–H groups in total. The fourth-order valence-corrected chi connectivity index (χ4v) is 6.74. The summed E-state index contributed by atoms with van der Waals surface area (Å²) in [6.07, 6.45) is 51.2. The van der Waals surface area contributed by atoms with Crippen molar-refractivity contribution in [2.24, 2.45) is 0 Å². The second-order valence-electron chi connectivity index (χ2n) is 16.0. The largest absolute Gasteiger partial charge is 0.462 e. The molecule has 0 radical (unpaired) electrons. The van der Waals surface area contributed by atoms with Gasteiger partial charge in [0, 0.05) is 19.3 Å². The van der Waals surface area contributed by atoms with E-state index in [1.807, 2.05) is 0 Å². The van der Waals surface area contributed by atoms with Gasteiger partial charge in [0.1, 0.15) is 13.2 Å². The summed E-state index contributed by atoms with van der Waals surface area (Å²) in [6, 6.07) is 0. The van der Waals surface area contributed by atoms with Crippen LogP contribution in [0.2, 0.25) is 0 Å². The maximum atomic E-state index is 12.7.